The largest absolute Gasteiger partial charge is 0.440 e. The highest BCUT2D eigenvalue weighted by molar-refractivity contribution is 5.83. The van der Waals surface area contributed by atoms with Gasteiger partial charge in [-0.3, -0.25) is 14.5 Å². The van der Waals surface area contributed by atoms with Gasteiger partial charge in [0.2, 0.25) is 5.91 Å². The van der Waals surface area contributed by atoms with Gasteiger partial charge in [0, 0.05) is 12.8 Å². The lowest BCUT2D eigenvalue weighted by Gasteiger charge is -2.25. The van der Waals surface area contributed by atoms with E-state index in [1.807, 2.05) is 0 Å². The first kappa shape index (κ1) is 17.0. The molecule has 0 aromatic heterocycles. The van der Waals surface area contributed by atoms with E-state index in [0.29, 0.717) is 0 Å². The summed E-state index contributed by atoms with van der Waals surface area (Å²) in [5.41, 5.74) is 0. The number of rotatable bonds is 9. The molecule has 0 radical (unpaired) electrons. The van der Waals surface area contributed by atoms with E-state index in [0.717, 1.165) is 12.8 Å². The molecule has 116 valence electrons. The number of amides is 1. The lowest BCUT2D eigenvalue weighted by atomic mass is 9.99. The molecule has 1 saturated heterocycles. The van der Waals surface area contributed by atoms with Crippen molar-refractivity contribution >= 4 is 11.9 Å². The van der Waals surface area contributed by atoms with Crippen LogP contribution in [-0.2, 0) is 14.3 Å². The maximum Gasteiger partial charge on any atom is 0.327 e. The predicted molar refractivity (Wildman–Crippen MR) is 79.0 cm³/mol. The van der Waals surface area contributed by atoms with Gasteiger partial charge in [-0.15, -0.1) is 0 Å². The Morgan fingerprint density at radius 1 is 1.25 bits per heavy atom. The predicted octanol–water partition coefficient (Wildman–Crippen LogP) is 3.49. The van der Waals surface area contributed by atoms with E-state index in [4.69, 9.17) is 4.74 Å². The van der Waals surface area contributed by atoms with Gasteiger partial charge in [0.1, 0.15) is 6.54 Å². The minimum Gasteiger partial charge on any atom is -0.440 e. The Morgan fingerprint density at radius 2 is 1.85 bits per heavy atom. The van der Waals surface area contributed by atoms with Gasteiger partial charge in [0.25, 0.3) is 0 Å². The van der Waals surface area contributed by atoms with Crippen molar-refractivity contribution in [1.29, 1.82) is 0 Å². The van der Waals surface area contributed by atoms with E-state index >= 15 is 0 Å². The first-order valence-corrected chi connectivity index (χ1v) is 8.03. The van der Waals surface area contributed by atoms with Crippen LogP contribution in [0.5, 0.6) is 0 Å². The fourth-order valence-electron chi connectivity index (χ4n) is 2.74. The van der Waals surface area contributed by atoms with Crippen molar-refractivity contribution in [1.82, 2.24) is 4.90 Å². The number of unbranched alkanes of at least 4 members (excludes halogenated alkanes) is 6. The van der Waals surface area contributed by atoms with E-state index in [2.05, 4.69) is 13.8 Å². The number of cyclic esters (lactones) is 1. The van der Waals surface area contributed by atoms with Crippen LogP contribution in [0, 0.1) is 5.92 Å². The molecule has 0 bridgehead atoms. The molecule has 1 rings (SSSR count). The molecule has 0 aromatic rings. The van der Waals surface area contributed by atoms with Crippen LogP contribution in [-0.4, -0.2) is 29.5 Å². The zero-order valence-electron chi connectivity index (χ0n) is 13.2. The second-order valence-electron chi connectivity index (χ2n) is 5.91. The summed E-state index contributed by atoms with van der Waals surface area (Å²) in [7, 11) is 0. The van der Waals surface area contributed by atoms with Crippen molar-refractivity contribution in [3.63, 3.8) is 0 Å². The van der Waals surface area contributed by atoms with E-state index in [1.165, 1.54) is 45.4 Å². The number of hydrogen-bond acceptors (Lipinski definition) is 3. The fraction of sp³-hybridized carbons (Fsp3) is 0.875. The van der Waals surface area contributed by atoms with Crippen molar-refractivity contribution in [2.45, 2.75) is 78.4 Å². The summed E-state index contributed by atoms with van der Waals surface area (Å²) in [6.45, 7) is 5.90. The molecule has 2 atom stereocenters. The smallest absolute Gasteiger partial charge is 0.327 e. The monoisotopic (exact) mass is 283 g/mol. The van der Waals surface area contributed by atoms with Crippen LogP contribution in [0.25, 0.3) is 0 Å². The fourth-order valence-corrected chi connectivity index (χ4v) is 2.74. The Bertz CT molecular complexity index is 317. The van der Waals surface area contributed by atoms with Crippen molar-refractivity contribution in [3.05, 3.63) is 0 Å². The molecule has 0 aromatic carbocycles. The third-order valence-electron chi connectivity index (χ3n) is 4.01. The van der Waals surface area contributed by atoms with Gasteiger partial charge < -0.3 is 4.74 Å². The lowest BCUT2D eigenvalue weighted by Crippen LogP contribution is -2.38. The first-order valence-electron chi connectivity index (χ1n) is 8.03. The van der Waals surface area contributed by atoms with Crippen LogP contribution < -0.4 is 0 Å². The summed E-state index contributed by atoms with van der Waals surface area (Å²) < 4.78 is 5.27. The number of ether oxygens (including phenoxy) is 1. The molecule has 4 heteroatoms. The van der Waals surface area contributed by atoms with Crippen molar-refractivity contribution < 1.29 is 14.3 Å². The maximum atomic E-state index is 11.5. The Morgan fingerprint density at radius 3 is 2.45 bits per heavy atom. The Hall–Kier alpha value is -1.06. The van der Waals surface area contributed by atoms with Gasteiger partial charge >= 0.3 is 5.97 Å². The minimum absolute atomic E-state index is 0.0766. The average Bonchev–Trinajstić information content (AvgIpc) is 2.80. The second kappa shape index (κ2) is 8.98. The van der Waals surface area contributed by atoms with Crippen LogP contribution >= 0.6 is 0 Å². The van der Waals surface area contributed by atoms with Crippen molar-refractivity contribution in [2.24, 2.45) is 5.92 Å². The highest BCUT2D eigenvalue weighted by Crippen LogP contribution is 2.24. The van der Waals surface area contributed by atoms with Gasteiger partial charge in [0.05, 0.1) is 0 Å². The van der Waals surface area contributed by atoms with Crippen LogP contribution in [0.2, 0.25) is 0 Å². The van der Waals surface area contributed by atoms with E-state index in [1.54, 1.807) is 4.90 Å². The zero-order chi connectivity index (χ0) is 15.0. The van der Waals surface area contributed by atoms with Gasteiger partial charge in [0.15, 0.2) is 6.23 Å². The van der Waals surface area contributed by atoms with Crippen LogP contribution in [0.3, 0.4) is 0 Å². The van der Waals surface area contributed by atoms with Crippen LogP contribution in [0.4, 0.5) is 0 Å². The normalized spacial score (nSPS) is 20.1. The van der Waals surface area contributed by atoms with Crippen LogP contribution in [0.1, 0.15) is 72.1 Å². The topological polar surface area (TPSA) is 46.6 Å². The molecule has 0 saturated carbocycles. The summed E-state index contributed by atoms with van der Waals surface area (Å²) in [5.74, 6) is -0.134. The quantitative estimate of drug-likeness (QED) is 0.480. The molecule has 0 N–H and O–H groups in total. The van der Waals surface area contributed by atoms with E-state index in [-0.39, 0.29) is 30.6 Å². The molecule has 20 heavy (non-hydrogen) atoms. The Kier molecular flexibility index (Phi) is 7.63. The SMILES string of the molecule is CCCCCCCCCC(C)C1OC(=O)CN1C(C)=O. The van der Waals surface area contributed by atoms with Gasteiger partial charge in [-0.1, -0.05) is 58.8 Å². The summed E-state index contributed by atoms with van der Waals surface area (Å²) in [6, 6.07) is 0. The highest BCUT2D eigenvalue weighted by atomic mass is 16.6. The maximum absolute atomic E-state index is 11.5. The zero-order valence-corrected chi connectivity index (χ0v) is 13.2. The number of nitrogens with zero attached hydrogens (tertiary/aromatic N) is 1. The van der Waals surface area contributed by atoms with Crippen molar-refractivity contribution in [2.75, 3.05) is 6.54 Å². The number of esters is 1. The molecule has 1 aliphatic heterocycles. The molecule has 2 unspecified atom stereocenters. The van der Waals surface area contributed by atoms with Gasteiger partial charge in [-0.2, -0.15) is 0 Å². The molecule has 4 nitrogen and oxygen atoms in total. The summed E-state index contributed by atoms with van der Waals surface area (Å²) in [5, 5.41) is 0. The first-order chi connectivity index (χ1) is 9.56. The summed E-state index contributed by atoms with van der Waals surface area (Å²) in [6.07, 6.45) is 9.60. The minimum atomic E-state index is -0.347. The summed E-state index contributed by atoms with van der Waals surface area (Å²) >= 11 is 0. The van der Waals surface area contributed by atoms with Crippen molar-refractivity contribution in [3.8, 4) is 0 Å². The molecule has 1 aliphatic rings. The molecule has 0 spiro atoms. The van der Waals surface area contributed by atoms with Gasteiger partial charge in [-0.25, -0.2) is 0 Å². The number of carbonyl (C=O) groups is 2. The van der Waals surface area contributed by atoms with E-state index in [9.17, 15) is 9.59 Å². The molecule has 0 aliphatic carbocycles. The second-order valence-corrected chi connectivity index (χ2v) is 5.91. The highest BCUT2D eigenvalue weighted by Gasteiger charge is 2.37. The Balaban J connectivity index is 2.20. The lowest BCUT2D eigenvalue weighted by molar-refractivity contribution is -0.146. The van der Waals surface area contributed by atoms with Gasteiger partial charge in [-0.05, 0) is 6.42 Å². The standard InChI is InChI=1S/C16H29NO3/c1-4-5-6-7-8-9-10-11-13(2)16-17(14(3)18)12-15(19)20-16/h13,16H,4-12H2,1-3H3. The summed E-state index contributed by atoms with van der Waals surface area (Å²) in [4.78, 5) is 24.4. The number of carbonyl (C=O) groups excluding carboxylic acids is 2. The molecular formula is C16H29NO3. The average molecular weight is 283 g/mol. The molecule has 1 amide bonds. The Labute approximate surface area is 122 Å². The third kappa shape index (κ3) is 5.51. The van der Waals surface area contributed by atoms with Crippen LogP contribution in [0.15, 0.2) is 0 Å². The third-order valence-corrected chi connectivity index (χ3v) is 4.01. The van der Waals surface area contributed by atoms with E-state index < -0.39 is 0 Å². The molecular weight excluding hydrogens is 254 g/mol. The molecule has 1 fully saturated rings. The molecule has 1 heterocycles. The number of hydrogen-bond donors (Lipinski definition) is 0.